The van der Waals surface area contributed by atoms with Crippen molar-refractivity contribution in [3.8, 4) is 0 Å². The van der Waals surface area contributed by atoms with Crippen LogP contribution in [0.4, 0.5) is 4.39 Å². The molecule has 94 valence electrons. The first kappa shape index (κ1) is 14.3. The summed E-state index contributed by atoms with van der Waals surface area (Å²) in [6.07, 6.45) is 0. The number of rotatable bonds is 2. The van der Waals surface area contributed by atoms with Gasteiger partial charge in [0, 0.05) is 5.56 Å². The van der Waals surface area contributed by atoms with Gasteiger partial charge in [-0.2, -0.15) is 4.40 Å². The molecule has 0 radical (unpaired) electrons. The van der Waals surface area contributed by atoms with Crippen molar-refractivity contribution < 1.29 is 8.60 Å². The highest BCUT2D eigenvalue weighted by Crippen LogP contribution is 2.20. The molecule has 0 bridgehead atoms. The van der Waals surface area contributed by atoms with Crippen molar-refractivity contribution in [2.24, 2.45) is 4.40 Å². The molecule has 0 unspecified atom stereocenters. The lowest BCUT2D eigenvalue weighted by Gasteiger charge is -2.14. The molecule has 0 heterocycles. The monoisotopic (exact) mass is 275 g/mol. The molecule has 0 aliphatic carbocycles. The van der Waals surface area contributed by atoms with Crippen LogP contribution in [0.2, 0.25) is 5.02 Å². The molecule has 0 saturated carbocycles. The van der Waals surface area contributed by atoms with Crippen LogP contribution in [0.25, 0.3) is 0 Å². The number of benzene rings is 1. The zero-order chi connectivity index (χ0) is 13.2. The molecule has 1 rings (SSSR count). The van der Waals surface area contributed by atoms with Gasteiger partial charge in [-0.15, -0.1) is 0 Å². The maximum atomic E-state index is 13.7. The van der Waals surface area contributed by atoms with Gasteiger partial charge < -0.3 is 0 Å². The molecule has 1 aromatic rings. The first-order valence-corrected chi connectivity index (χ1v) is 6.63. The van der Waals surface area contributed by atoms with E-state index in [1.807, 2.05) is 20.8 Å². The van der Waals surface area contributed by atoms with Crippen molar-refractivity contribution in [2.45, 2.75) is 32.4 Å². The normalized spacial score (nSPS) is 14.8. The highest BCUT2D eigenvalue weighted by molar-refractivity contribution is 7.85. The van der Waals surface area contributed by atoms with Crippen LogP contribution in [-0.2, 0) is 11.0 Å². The molecule has 1 atom stereocenters. The second-order valence-electron chi connectivity index (χ2n) is 4.64. The molecule has 1 aromatic carbocycles. The first-order chi connectivity index (χ1) is 7.73. The lowest BCUT2D eigenvalue weighted by molar-refractivity contribution is 0.625. The summed E-state index contributed by atoms with van der Waals surface area (Å²) in [5.41, 5.74) is 0.674. The largest absolute Gasteiger partial charge is 0.234 e. The topological polar surface area (TPSA) is 29.4 Å². The fourth-order valence-electron chi connectivity index (χ4n) is 1.09. The van der Waals surface area contributed by atoms with Gasteiger partial charge in [-0.1, -0.05) is 23.7 Å². The average molecular weight is 276 g/mol. The predicted molar refractivity (Wildman–Crippen MR) is 71.5 cm³/mol. The van der Waals surface area contributed by atoms with Crippen LogP contribution in [0.3, 0.4) is 0 Å². The zero-order valence-corrected chi connectivity index (χ0v) is 11.8. The molecule has 17 heavy (non-hydrogen) atoms. The van der Waals surface area contributed by atoms with Crippen molar-refractivity contribution in [1.29, 1.82) is 0 Å². The molecule has 5 heteroatoms. The third-order valence-corrected chi connectivity index (χ3v) is 3.86. The van der Waals surface area contributed by atoms with E-state index >= 15 is 0 Å². The fourth-order valence-corrected chi connectivity index (χ4v) is 1.89. The standard InChI is InChI=1S/C12H15ClFNOS/c1-8(15-17(16)12(2,3)4)9-6-5-7-10(13)11(9)14/h5-7H,1-4H3/t17-/m0/s1. The van der Waals surface area contributed by atoms with Crippen molar-refractivity contribution in [3.63, 3.8) is 0 Å². The lowest BCUT2D eigenvalue weighted by Crippen LogP contribution is -2.20. The van der Waals surface area contributed by atoms with Crippen LogP contribution in [-0.4, -0.2) is 14.7 Å². The highest BCUT2D eigenvalue weighted by Gasteiger charge is 2.20. The minimum absolute atomic E-state index is 0.0404. The minimum Gasteiger partial charge on any atom is -0.234 e. The summed E-state index contributed by atoms with van der Waals surface area (Å²) in [4.78, 5) is 0. The quantitative estimate of drug-likeness (QED) is 0.756. The van der Waals surface area contributed by atoms with Gasteiger partial charge in [0.05, 0.1) is 15.5 Å². The van der Waals surface area contributed by atoms with Gasteiger partial charge in [-0.25, -0.2) is 8.60 Å². The molecular formula is C12H15ClFNOS. The van der Waals surface area contributed by atoms with Crippen LogP contribution < -0.4 is 0 Å². The molecule has 2 nitrogen and oxygen atoms in total. The highest BCUT2D eigenvalue weighted by atomic mass is 35.5. The van der Waals surface area contributed by atoms with E-state index < -0.39 is 21.5 Å². The molecule has 0 aliphatic rings. The van der Waals surface area contributed by atoms with Gasteiger partial charge in [-0.05, 0) is 33.8 Å². The van der Waals surface area contributed by atoms with E-state index in [1.165, 1.54) is 6.07 Å². The van der Waals surface area contributed by atoms with E-state index in [2.05, 4.69) is 4.40 Å². The summed E-state index contributed by atoms with van der Waals surface area (Å²) in [5.74, 6) is -0.527. The second-order valence-corrected chi connectivity index (χ2v) is 6.95. The third-order valence-electron chi connectivity index (χ3n) is 2.09. The predicted octanol–water partition coefficient (Wildman–Crippen LogP) is 3.75. The number of halogens is 2. The van der Waals surface area contributed by atoms with Crippen LogP contribution in [0.15, 0.2) is 22.6 Å². The van der Waals surface area contributed by atoms with Crippen LogP contribution in [0, 0.1) is 5.82 Å². The van der Waals surface area contributed by atoms with Crippen molar-refractivity contribution in [1.82, 2.24) is 0 Å². The van der Waals surface area contributed by atoms with E-state index in [1.54, 1.807) is 19.1 Å². The molecule has 0 aliphatic heterocycles. The SMILES string of the molecule is CC(=N[S@@](=O)C(C)(C)C)c1cccc(Cl)c1F. The van der Waals surface area contributed by atoms with Crippen LogP contribution in [0.5, 0.6) is 0 Å². The molecule has 0 fully saturated rings. The summed E-state index contributed by atoms with van der Waals surface area (Å²) in [6, 6.07) is 4.67. The molecule has 0 saturated heterocycles. The Morgan fingerprint density at radius 2 is 2.00 bits per heavy atom. The Kier molecular flexibility index (Phi) is 4.44. The number of hydrogen-bond donors (Lipinski definition) is 0. The Hall–Kier alpha value is -0.740. The Labute approximate surface area is 108 Å². The van der Waals surface area contributed by atoms with Crippen molar-refractivity contribution in [3.05, 3.63) is 34.6 Å². The van der Waals surface area contributed by atoms with Gasteiger partial charge in [0.1, 0.15) is 11.0 Å². The first-order valence-electron chi connectivity index (χ1n) is 5.15. The molecular weight excluding hydrogens is 261 g/mol. The summed E-state index contributed by atoms with van der Waals surface area (Å²) in [7, 11) is -1.40. The molecule has 0 spiro atoms. The van der Waals surface area contributed by atoms with Crippen molar-refractivity contribution >= 4 is 28.3 Å². The van der Waals surface area contributed by atoms with Gasteiger partial charge in [0.25, 0.3) is 0 Å². The summed E-state index contributed by atoms with van der Waals surface area (Å²) >= 11 is 5.68. The van der Waals surface area contributed by atoms with Gasteiger partial charge >= 0.3 is 0 Å². The van der Waals surface area contributed by atoms with E-state index in [0.717, 1.165) is 0 Å². The maximum absolute atomic E-state index is 13.7. The van der Waals surface area contributed by atoms with Gasteiger partial charge in [0.2, 0.25) is 0 Å². The Balaban J connectivity index is 3.13. The van der Waals surface area contributed by atoms with Crippen LogP contribution >= 0.6 is 11.6 Å². The minimum atomic E-state index is -1.40. The fraction of sp³-hybridized carbons (Fsp3) is 0.417. The van der Waals surface area contributed by atoms with Crippen molar-refractivity contribution in [2.75, 3.05) is 0 Å². The number of hydrogen-bond acceptors (Lipinski definition) is 1. The second kappa shape index (κ2) is 5.27. The third kappa shape index (κ3) is 3.61. The number of nitrogens with zero attached hydrogens (tertiary/aromatic N) is 1. The van der Waals surface area contributed by atoms with E-state index in [9.17, 15) is 8.60 Å². The van der Waals surface area contributed by atoms with E-state index in [0.29, 0.717) is 5.71 Å². The van der Waals surface area contributed by atoms with E-state index in [-0.39, 0.29) is 10.6 Å². The lowest BCUT2D eigenvalue weighted by atomic mass is 10.1. The summed E-state index contributed by atoms with van der Waals surface area (Å²) < 4.78 is 29.0. The summed E-state index contributed by atoms with van der Waals surface area (Å²) in [6.45, 7) is 7.06. The molecule has 0 aromatic heterocycles. The Morgan fingerprint density at radius 1 is 1.41 bits per heavy atom. The Morgan fingerprint density at radius 3 is 2.53 bits per heavy atom. The molecule has 0 amide bonds. The van der Waals surface area contributed by atoms with Gasteiger partial charge in [-0.3, -0.25) is 0 Å². The zero-order valence-electron chi connectivity index (χ0n) is 10.3. The van der Waals surface area contributed by atoms with E-state index in [4.69, 9.17) is 11.6 Å². The maximum Gasteiger partial charge on any atom is 0.150 e. The average Bonchev–Trinajstić information content (AvgIpc) is 2.20. The van der Waals surface area contributed by atoms with Crippen LogP contribution in [0.1, 0.15) is 33.3 Å². The molecule has 0 N–H and O–H groups in total. The smallest absolute Gasteiger partial charge is 0.150 e. The summed E-state index contributed by atoms with van der Waals surface area (Å²) in [5, 5.41) is 0.0404. The van der Waals surface area contributed by atoms with Gasteiger partial charge in [0.15, 0.2) is 5.82 Å². The Bertz CT molecular complexity index is 480.